The zero-order chi connectivity index (χ0) is 10.0. The minimum atomic E-state index is -0.723. The molecule has 0 aromatic rings. The van der Waals surface area contributed by atoms with Crippen LogP contribution >= 0.6 is 0 Å². The van der Waals surface area contributed by atoms with Crippen molar-refractivity contribution in [1.29, 1.82) is 0 Å². The van der Waals surface area contributed by atoms with Gasteiger partial charge in [0, 0.05) is 6.54 Å². The number of nitrogens with zero attached hydrogens (tertiary/aromatic N) is 1. The topological polar surface area (TPSA) is 12.5 Å². The van der Waals surface area contributed by atoms with Crippen LogP contribution in [0.3, 0.4) is 0 Å². The van der Waals surface area contributed by atoms with Crippen molar-refractivity contribution in [3.05, 3.63) is 0 Å². The summed E-state index contributed by atoms with van der Waals surface area (Å²) in [4.78, 5) is 2.05. The first-order chi connectivity index (χ1) is 6.02. The summed E-state index contributed by atoms with van der Waals surface area (Å²) < 4.78 is 19.0. The quantitative estimate of drug-likeness (QED) is 0.671. The predicted octanol–water partition coefficient (Wildman–Crippen LogP) is 1.84. The molecule has 1 fully saturated rings. The van der Waals surface area contributed by atoms with Crippen LogP contribution in [0.5, 0.6) is 0 Å². The van der Waals surface area contributed by atoms with Gasteiger partial charge in [0.05, 0.1) is 18.2 Å². The number of hydrogen-bond donors (Lipinski definition) is 0. The second kappa shape index (κ2) is 4.38. The van der Waals surface area contributed by atoms with Crippen LogP contribution in [0.4, 0.5) is 4.39 Å². The van der Waals surface area contributed by atoms with Crippen molar-refractivity contribution < 1.29 is 9.13 Å². The highest BCUT2D eigenvalue weighted by Gasteiger charge is 2.36. The second-order valence-corrected chi connectivity index (χ2v) is 4.17. The van der Waals surface area contributed by atoms with Crippen LogP contribution in [0, 0.1) is 0 Å². The molecule has 0 amide bonds. The Hall–Kier alpha value is -0.150. The molecule has 0 spiro atoms. The highest BCUT2D eigenvalue weighted by molar-refractivity contribution is 4.89. The minimum absolute atomic E-state index is 0.0116. The van der Waals surface area contributed by atoms with Gasteiger partial charge in [-0.1, -0.05) is 0 Å². The van der Waals surface area contributed by atoms with Crippen molar-refractivity contribution in [2.45, 2.75) is 51.6 Å². The summed E-state index contributed by atoms with van der Waals surface area (Å²) in [5.41, 5.74) is 0. The Kier molecular flexibility index (Phi) is 3.68. The third-order valence-corrected chi connectivity index (χ3v) is 2.60. The van der Waals surface area contributed by atoms with Crippen molar-refractivity contribution in [2.24, 2.45) is 0 Å². The predicted molar refractivity (Wildman–Crippen MR) is 51.6 cm³/mol. The molecule has 1 aliphatic rings. The average Bonchev–Trinajstić information content (AvgIpc) is 2.29. The zero-order valence-electron chi connectivity index (χ0n) is 8.96. The summed E-state index contributed by atoms with van der Waals surface area (Å²) in [6.07, 6.45) is 0.0879. The Balaban J connectivity index is 2.48. The van der Waals surface area contributed by atoms with E-state index in [1.165, 1.54) is 0 Å². The number of halogens is 1. The number of ether oxygens (including phenoxy) is 1. The zero-order valence-corrected chi connectivity index (χ0v) is 8.96. The van der Waals surface area contributed by atoms with E-state index in [1.807, 2.05) is 27.8 Å². The molecule has 2 nitrogen and oxygen atoms in total. The maximum absolute atomic E-state index is 13.4. The monoisotopic (exact) mass is 189 g/mol. The first-order valence-corrected chi connectivity index (χ1v) is 5.02. The molecule has 13 heavy (non-hydrogen) atoms. The van der Waals surface area contributed by atoms with E-state index in [9.17, 15) is 4.39 Å². The molecule has 0 aliphatic carbocycles. The molecule has 0 aromatic carbocycles. The van der Waals surface area contributed by atoms with Gasteiger partial charge in [0.25, 0.3) is 0 Å². The standard InChI is InChI=1S/C10H20FNO/c1-7(2)13-8(3)10-9(11)5-6-12(10)4/h7-10H,5-6H2,1-4H3/t8-,9?,10?/m0/s1. The summed E-state index contributed by atoms with van der Waals surface area (Å²) in [5, 5.41) is 0. The number of hydrogen-bond acceptors (Lipinski definition) is 2. The maximum Gasteiger partial charge on any atom is 0.119 e. The van der Waals surface area contributed by atoms with E-state index in [0.717, 1.165) is 6.54 Å². The Morgan fingerprint density at radius 2 is 2.00 bits per heavy atom. The van der Waals surface area contributed by atoms with Crippen molar-refractivity contribution in [1.82, 2.24) is 4.90 Å². The Bertz CT molecular complexity index is 153. The minimum Gasteiger partial charge on any atom is -0.374 e. The summed E-state index contributed by atoms with van der Waals surface area (Å²) in [6, 6.07) is -0.0533. The van der Waals surface area contributed by atoms with Gasteiger partial charge >= 0.3 is 0 Å². The first kappa shape index (κ1) is 10.9. The largest absolute Gasteiger partial charge is 0.374 e. The molecule has 2 unspecified atom stereocenters. The maximum atomic E-state index is 13.4. The SMILES string of the molecule is CC(C)O[C@@H](C)C1C(F)CCN1C. The Morgan fingerprint density at radius 1 is 1.38 bits per heavy atom. The number of likely N-dealkylation sites (tertiary alicyclic amines) is 1. The van der Waals surface area contributed by atoms with Crippen LogP contribution in [0.25, 0.3) is 0 Å². The van der Waals surface area contributed by atoms with E-state index in [1.54, 1.807) is 0 Å². The Labute approximate surface area is 80.1 Å². The lowest BCUT2D eigenvalue weighted by Crippen LogP contribution is -2.42. The normalized spacial score (nSPS) is 32.8. The summed E-state index contributed by atoms with van der Waals surface area (Å²) >= 11 is 0. The van der Waals surface area contributed by atoms with E-state index in [4.69, 9.17) is 4.74 Å². The molecule has 1 aliphatic heterocycles. The van der Waals surface area contributed by atoms with Gasteiger partial charge in [-0.15, -0.1) is 0 Å². The summed E-state index contributed by atoms with van der Waals surface area (Å²) in [6.45, 7) is 6.77. The van der Waals surface area contributed by atoms with Crippen LogP contribution in [0.1, 0.15) is 27.2 Å². The van der Waals surface area contributed by atoms with Gasteiger partial charge in [0.15, 0.2) is 0 Å². The number of likely N-dealkylation sites (N-methyl/N-ethyl adjacent to an activating group) is 1. The highest BCUT2D eigenvalue weighted by atomic mass is 19.1. The van der Waals surface area contributed by atoms with Crippen LogP contribution in [0.2, 0.25) is 0 Å². The van der Waals surface area contributed by atoms with E-state index in [0.29, 0.717) is 6.42 Å². The lowest BCUT2D eigenvalue weighted by molar-refractivity contribution is -0.0339. The Morgan fingerprint density at radius 3 is 2.38 bits per heavy atom. The summed E-state index contributed by atoms with van der Waals surface area (Å²) in [5.74, 6) is 0. The molecular formula is C10H20FNO. The van der Waals surface area contributed by atoms with Crippen molar-refractivity contribution in [3.8, 4) is 0 Å². The third kappa shape index (κ3) is 2.64. The van der Waals surface area contributed by atoms with Gasteiger partial charge in [-0.2, -0.15) is 0 Å². The van der Waals surface area contributed by atoms with Gasteiger partial charge in [0.2, 0.25) is 0 Å². The fraction of sp³-hybridized carbons (Fsp3) is 1.00. The van der Waals surface area contributed by atoms with E-state index < -0.39 is 6.17 Å². The fourth-order valence-electron chi connectivity index (χ4n) is 2.09. The molecular weight excluding hydrogens is 169 g/mol. The molecule has 0 saturated carbocycles. The number of alkyl halides is 1. The molecule has 0 bridgehead atoms. The first-order valence-electron chi connectivity index (χ1n) is 5.02. The average molecular weight is 189 g/mol. The smallest absolute Gasteiger partial charge is 0.119 e. The molecule has 1 rings (SSSR count). The molecule has 1 heterocycles. The van der Waals surface area contributed by atoms with Crippen LogP contribution in [-0.4, -0.2) is 42.9 Å². The molecule has 0 aromatic heterocycles. The fourth-order valence-corrected chi connectivity index (χ4v) is 2.09. The molecule has 0 N–H and O–H groups in total. The second-order valence-electron chi connectivity index (χ2n) is 4.17. The van der Waals surface area contributed by atoms with E-state index >= 15 is 0 Å². The summed E-state index contributed by atoms with van der Waals surface area (Å²) in [7, 11) is 1.96. The van der Waals surface area contributed by atoms with Gasteiger partial charge in [-0.05, 0) is 34.2 Å². The van der Waals surface area contributed by atoms with Gasteiger partial charge in [0.1, 0.15) is 6.17 Å². The lowest BCUT2D eigenvalue weighted by atomic mass is 10.1. The van der Waals surface area contributed by atoms with Crippen LogP contribution in [0.15, 0.2) is 0 Å². The molecule has 3 heteroatoms. The van der Waals surface area contributed by atoms with Gasteiger partial charge in [-0.3, -0.25) is 4.90 Å². The third-order valence-electron chi connectivity index (χ3n) is 2.60. The van der Waals surface area contributed by atoms with E-state index in [2.05, 4.69) is 4.90 Å². The van der Waals surface area contributed by atoms with Crippen molar-refractivity contribution in [2.75, 3.05) is 13.6 Å². The lowest BCUT2D eigenvalue weighted by Gasteiger charge is -2.28. The van der Waals surface area contributed by atoms with Gasteiger partial charge in [-0.25, -0.2) is 4.39 Å². The van der Waals surface area contributed by atoms with Crippen LogP contribution < -0.4 is 0 Å². The highest BCUT2D eigenvalue weighted by Crippen LogP contribution is 2.23. The van der Waals surface area contributed by atoms with E-state index in [-0.39, 0.29) is 18.2 Å². The van der Waals surface area contributed by atoms with Crippen molar-refractivity contribution >= 4 is 0 Å². The molecule has 78 valence electrons. The van der Waals surface area contributed by atoms with Gasteiger partial charge < -0.3 is 4.74 Å². The van der Waals surface area contributed by atoms with Crippen LogP contribution in [-0.2, 0) is 4.74 Å². The molecule has 3 atom stereocenters. The molecule has 1 saturated heterocycles. The molecule has 0 radical (unpaired) electrons. The van der Waals surface area contributed by atoms with Crippen molar-refractivity contribution in [3.63, 3.8) is 0 Å². The number of rotatable bonds is 3.